The zero-order valence-electron chi connectivity index (χ0n) is 16.0. The summed E-state index contributed by atoms with van der Waals surface area (Å²) in [6.45, 7) is 10.8. The molecule has 1 fully saturated rings. The van der Waals surface area contributed by atoms with Gasteiger partial charge in [-0.15, -0.1) is 10.2 Å². The summed E-state index contributed by atoms with van der Waals surface area (Å²) < 4.78 is 1.98. The lowest BCUT2D eigenvalue weighted by Gasteiger charge is -2.35. The molecule has 2 heterocycles. The van der Waals surface area contributed by atoms with E-state index in [9.17, 15) is 4.79 Å². The SMILES string of the molecule is CCN1CCN(C(=O)[C@H](C)Sc2nnc(-c3ccccc3C)n2C)CC1. The van der Waals surface area contributed by atoms with E-state index in [0.29, 0.717) is 0 Å². The molecule has 0 aliphatic carbocycles. The summed E-state index contributed by atoms with van der Waals surface area (Å²) in [7, 11) is 1.96. The van der Waals surface area contributed by atoms with Gasteiger partial charge in [-0.25, -0.2) is 0 Å². The molecule has 1 amide bonds. The number of thioether (sulfide) groups is 1. The van der Waals surface area contributed by atoms with Gasteiger partial charge in [0.2, 0.25) is 5.91 Å². The van der Waals surface area contributed by atoms with E-state index in [2.05, 4.69) is 41.1 Å². The van der Waals surface area contributed by atoms with Gasteiger partial charge in [-0.05, 0) is 26.0 Å². The highest BCUT2D eigenvalue weighted by Gasteiger charge is 2.26. The Morgan fingerprint density at radius 1 is 1.19 bits per heavy atom. The van der Waals surface area contributed by atoms with Gasteiger partial charge in [-0.1, -0.05) is 43.0 Å². The Kier molecular flexibility index (Phi) is 5.98. The maximum Gasteiger partial charge on any atom is 0.235 e. The lowest BCUT2D eigenvalue weighted by Crippen LogP contribution is -2.50. The van der Waals surface area contributed by atoms with Gasteiger partial charge in [0.05, 0.1) is 5.25 Å². The van der Waals surface area contributed by atoms with Gasteiger partial charge < -0.3 is 14.4 Å². The Balaban J connectivity index is 1.68. The Labute approximate surface area is 159 Å². The van der Waals surface area contributed by atoms with Gasteiger partial charge in [0.1, 0.15) is 0 Å². The number of rotatable bonds is 5. The minimum Gasteiger partial charge on any atom is -0.339 e. The Hall–Kier alpha value is -1.86. The average Bonchev–Trinajstić information content (AvgIpc) is 3.02. The summed E-state index contributed by atoms with van der Waals surface area (Å²) in [6, 6.07) is 8.14. The minimum absolute atomic E-state index is 0.171. The predicted octanol–water partition coefficient (Wildman–Crippen LogP) is 2.44. The van der Waals surface area contributed by atoms with Crippen molar-refractivity contribution in [3.8, 4) is 11.4 Å². The van der Waals surface area contributed by atoms with Crippen LogP contribution in [0.2, 0.25) is 0 Å². The number of carbonyl (C=O) groups excluding carboxylic acids is 1. The van der Waals surface area contributed by atoms with Crippen molar-refractivity contribution in [2.24, 2.45) is 7.05 Å². The van der Waals surface area contributed by atoms with Crippen LogP contribution in [0.1, 0.15) is 19.4 Å². The number of benzene rings is 1. The van der Waals surface area contributed by atoms with Crippen molar-refractivity contribution in [2.75, 3.05) is 32.7 Å². The molecule has 0 radical (unpaired) electrons. The molecule has 0 bridgehead atoms. The van der Waals surface area contributed by atoms with Crippen LogP contribution in [0.4, 0.5) is 0 Å². The van der Waals surface area contributed by atoms with Crippen molar-refractivity contribution in [1.82, 2.24) is 24.6 Å². The normalized spacial score (nSPS) is 16.7. The van der Waals surface area contributed by atoms with Crippen molar-refractivity contribution in [2.45, 2.75) is 31.2 Å². The molecule has 26 heavy (non-hydrogen) atoms. The van der Waals surface area contributed by atoms with Crippen LogP contribution in [0.3, 0.4) is 0 Å². The van der Waals surface area contributed by atoms with E-state index in [4.69, 9.17) is 0 Å². The van der Waals surface area contributed by atoms with Crippen molar-refractivity contribution in [3.05, 3.63) is 29.8 Å². The molecule has 1 aliphatic heterocycles. The Morgan fingerprint density at radius 3 is 2.54 bits per heavy atom. The fraction of sp³-hybridized carbons (Fsp3) is 0.526. The van der Waals surface area contributed by atoms with Crippen LogP contribution in [0.15, 0.2) is 29.4 Å². The molecule has 7 heteroatoms. The highest BCUT2D eigenvalue weighted by Crippen LogP contribution is 2.28. The summed E-state index contributed by atoms with van der Waals surface area (Å²) in [5.74, 6) is 1.02. The zero-order chi connectivity index (χ0) is 18.7. The number of likely N-dealkylation sites (N-methyl/N-ethyl adjacent to an activating group) is 1. The predicted molar refractivity (Wildman–Crippen MR) is 105 cm³/mol. The van der Waals surface area contributed by atoms with E-state index in [-0.39, 0.29) is 11.2 Å². The summed E-state index contributed by atoms with van der Waals surface area (Å²) >= 11 is 1.48. The largest absolute Gasteiger partial charge is 0.339 e. The summed E-state index contributed by atoms with van der Waals surface area (Å²) in [5.41, 5.74) is 2.24. The number of carbonyl (C=O) groups is 1. The first-order valence-corrected chi connectivity index (χ1v) is 10.0. The monoisotopic (exact) mass is 373 g/mol. The highest BCUT2D eigenvalue weighted by atomic mass is 32.2. The van der Waals surface area contributed by atoms with Crippen molar-refractivity contribution in [3.63, 3.8) is 0 Å². The smallest absolute Gasteiger partial charge is 0.235 e. The fourth-order valence-corrected chi connectivity index (χ4v) is 4.12. The second-order valence-corrected chi connectivity index (χ2v) is 8.01. The number of hydrogen-bond acceptors (Lipinski definition) is 5. The molecule has 140 valence electrons. The highest BCUT2D eigenvalue weighted by molar-refractivity contribution is 8.00. The van der Waals surface area contributed by atoms with Crippen LogP contribution < -0.4 is 0 Å². The van der Waals surface area contributed by atoms with Gasteiger partial charge in [0.15, 0.2) is 11.0 Å². The third-order valence-electron chi connectivity index (χ3n) is 4.98. The Morgan fingerprint density at radius 2 is 1.88 bits per heavy atom. The molecule has 6 nitrogen and oxygen atoms in total. The number of aromatic nitrogens is 3. The topological polar surface area (TPSA) is 54.3 Å². The van der Waals surface area contributed by atoms with E-state index in [1.54, 1.807) is 0 Å². The third kappa shape index (κ3) is 3.94. The number of aryl methyl sites for hydroxylation is 1. The maximum absolute atomic E-state index is 12.8. The number of amides is 1. The van der Waals surface area contributed by atoms with Crippen LogP contribution in [-0.2, 0) is 11.8 Å². The first kappa shape index (κ1) is 18.9. The number of hydrogen-bond donors (Lipinski definition) is 0. The van der Waals surface area contributed by atoms with E-state index in [0.717, 1.165) is 54.8 Å². The molecule has 0 N–H and O–H groups in total. The van der Waals surface area contributed by atoms with Crippen molar-refractivity contribution >= 4 is 17.7 Å². The molecule has 1 atom stereocenters. The van der Waals surface area contributed by atoms with Gasteiger partial charge in [0.25, 0.3) is 0 Å². The fourth-order valence-electron chi connectivity index (χ4n) is 3.23. The maximum atomic E-state index is 12.8. The molecule has 2 aromatic rings. The second kappa shape index (κ2) is 8.22. The summed E-state index contributed by atoms with van der Waals surface area (Å²) in [4.78, 5) is 17.1. The minimum atomic E-state index is -0.171. The quantitative estimate of drug-likeness (QED) is 0.754. The summed E-state index contributed by atoms with van der Waals surface area (Å²) in [5, 5.41) is 9.28. The van der Waals surface area contributed by atoms with E-state index in [1.165, 1.54) is 11.8 Å². The van der Waals surface area contributed by atoms with E-state index < -0.39 is 0 Å². The molecular weight excluding hydrogens is 346 g/mol. The zero-order valence-corrected chi connectivity index (χ0v) is 16.8. The summed E-state index contributed by atoms with van der Waals surface area (Å²) in [6.07, 6.45) is 0. The molecule has 1 saturated heterocycles. The average molecular weight is 374 g/mol. The van der Waals surface area contributed by atoms with E-state index >= 15 is 0 Å². The van der Waals surface area contributed by atoms with E-state index in [1.807, 2.05) is 35.6 Å². The molecule has 3 rings (SSSR count). The van der Waals surface area contributed by atoms with Gasteiger partial charge >= 0.3 is 0 Å². The first-order chi connectivity index (χ1) is 12.5. The molecule has 1 aliphatic rings. The van der Waals surface area contributed by atoms with Crippen LogP contribution in [-0.4, -0.2) is 68.4 Å². The molecule has 1 aromatic carbocycles. The number of nitrogens with zero attached hydrogens (tertiary/aromatic N) is 5. The molecule has 1 aromatic heterocycles. The standard InChI is InChI=1S/C19H27N5OS/c1-5-23-10-12-24(13-11-23)18(25)15(3)26-19-21-20-17(22(19)4)16-9-7-6-8-14(16)2/h6-9,15H,5,10-13H2,1-4H3/t15-/m0/s1. The van der Waals surface area contributed by atoms with Crippen LogP contribution >= 0.6 is 11.8 Å². The van der Waals surface area contributed by atoms with Gasteiger partial charge in [-0.3, -0.25) is 4.79 Å². The van der Waals surface area contributed by atoms with Crippen molar-refractivity contribution < 1.29 is 4.79 Å². The van der Waals surface area contributed by atoms with Gasteiger partial charge in [0, 0.05) is 38.8 Å². The van der Waals surface area contributed by atoms with Crippen LogP contribution in [0.25, 0.3) is 11.4 Å². The lowest BCUT2D eigenvalue weighted by atomic mass is 10.1. The van der Waals surface area contributed by atoms with Crippen LogP contribution in [0, 0.1) is 6.92 Å². The molecule has 0 unspecified atom stereocenters. The van der Waals surface area contributed by atoms with Gasteiger partial charge in [-0.2, -0.15) is 0 Å². The van der Waals surface area contributed by atoms with Crippen molar-refractivity contribution in [1.29, 1.82) is 0 Å². The Bertz CT molecular complexity index is 767. The molecule has 0 saturated carbocycles. The molecule has 0 spiro atoms. The van der Waals surface area contributed by atoms with Crippen LogP contribution in [0.5, 0.6) is 0 Å². The number of piperazine rings is 1. The first-order valence-electron chi connectivity index (χ1n) is 9.14. The third-order valence-corrected chi connectivity index (χ3v) is 6.10. The second-order valence-electron chi connectivity index (χ2n) is 6.70. The lowest BCUT2D eigenvalue weighted by molar-refractivity contribution is -0.132. The molecular formula is C19H27N5OS.